The highest BCUT2D eigenvalue weighted by atomic mass is 16.5. The van der Waals surface area contributed by atoms with Gasteiger partial charge in [-0.05, 0) is 25.3 Å². The summed E-state index contributed by atoms with van der Waals surface area (Å²) in [6.45, 7) is 6.60. The molecule has 0 spiro atoms. The molecule has 0 aliphatic carbocycles. The van der Waals surface area contributed by atoms with E-state index in [0.29, 0.717) is 6.61 Å². The van der Waals surface area contributed by atoms with E-state index >= 15 is 0 Å². The van der Waals surface area contributed by atoms with Gasteiger partial charge in [-0.1, -0.05) is 44.2 Å². The predicted molar refractivity (Wildman–Crippen MR) is 69.9 cm³/mol. The van der Waals surface area contributed by atoms with Crippen molar-refractivity contribution in [2.75, 3.05) is 6.61 Å². The smallest absolute Gasteiger partial charge is 0.169 e. The lowest BCUT2D eigenvalue weighted by Crippen LogP contribution is -2.23. The Labute approximate surface area is 104 Å². The van der Waals surface area contributed by atoms with Crippen LogP contribution in [0.3, 0.4) is 0 Å². The normalized spacial score (nSPS) is 12.7. The summed E-state index contributed by atoms with van der Waals surface area (Å²) in [4.78, 5) is 12.4. The quantitative estimate of drug-likeness (QED) is 0.718. The van der Waals surface area contributed by atoms with Crippen molar-refractivity contribution < 1.29 is 9.53 Å². The molecule has 1 aromatic rings. The van der Waals surface area contributed by atoms with Crippen molar-refractivity contribution in [1.82, 2.24) is 0 Å². The molecule has 0 aromatic heterocycles. The summed E-state index contributed by atoms with van der Waals surface area (Å²) in [7, 11) is 0. The fraction of sp³-hybridized carbons (Fsp3) is 0.533. The molecular formula is C15H22O2. The van der Waals surface area contributed by atoms with Gasteiger partial charge in [0.25, 0.3) is 0 Å². The molecule has 0 aliphatic heterocycles. The van der Waals surface area contributed by atoms with E-state index in [9.17, 15) is 4.79 Å². The van der Waals surface area contributed by atoms with Crippen LogP contribution in [0.4, 0.5) is 0 Å². The van der Waals surface area contributed by atoms with Gasteiger partial charge in [0, 0.05) is 12.5 Å². The molecule has 1 rings (SSSR count). The van der Waals surface area contributed by atoms with Crippen LogP contribution in [-0.2, 0) is 9.53 Å². The highest BCUT2D eigenvalue weighted by molar-refractivity contribution is 5.86. The van der Waals surface area contributed by atoms with E-state index in [1.54, 1.807) is 0 Å². The third kappa shape index (κ3) is 3.67. The molecule has 1 unspecified atom stereocenters. The van der Waals surface area contributed by atoms with Crippen molar-refractivity contribution in [1.29, 1.82) is 0 Å². The summed E-state index contributed by atoms with van der Waals surface area (Å²) >= 11 is 0. The first-order chi connectivity index (χ1) is 8.24. The summed E-state index contributed by atoms with van der Waals surface area (Å²) < 4.78 is 5.62. The minimum atomic E-state index is -0.397. The van der Waals surface area contributed by atoms with E-state index in [1.165, 1.54) is 0 Å². The second-order valence-electron chi connectivity index (χ2n) is 4.16. The predicted octanol–water partition coefficient (Wildman–Crippen LogP) is 3.77. The number of ketones is 1. The summed E-state index contributed by atoms with van der Waals surface area (Å²) in [5.74, 6) is 0.315. The lowest BCUT2D eigenvalue weighted by molar-refractivity contribution is -0.135. The number of hydrogen-bond acceptors (Lipinski definition) is 2. The van der Waals surface area contributed by atoms with Crippen molar-refractivity contribution in [3.8, 4) is 0 Å². The Morgan fingerprint density at radius 1 is 1.12 bits per heavy atom. The highest BCUT2D eigenvalue weighted by Crippen LogP contribution is 2.24. The first-order valence-corrected chi connectivity index (χ1v) is 6.44. The molecule has 0 saturated carbocycles. The van der Waals surface area contributed by atoms with Gasteiger partial charge >= 0.3 is 0 Å². The standard InChI is InChI=1S/C15H22O2/c1-4-12(5-2)14(16)15(17-6-3)13-10-8-7-9-11-13/h7-12,15H,4-6H2,1-3H3. The molecule has 1 atom stereocenters. The molecule has 94 valence electrons. The molecule has 0 N–H and O–H groups in total. The number of carbonyl (C=O) groups is 1. The first kappa shape index (κ1) is 13.9. The van der Waals surface area contributed by atoms with Crippen molar-refractivity contribution in [2.45, 2.75) is 39.7 Å². The number of hydrogen-bond donors (Lipinski definition) is 0. The van der Waals surface area contributed by atoms with Gasteiger partial charge < -0.3 is 4.74 Å². The summed E-state index contributed by atoms with van der Waals surface area (Å²) in [5.41, 5.74) is 0.964. The van der Waals surface area contributed by atoms with Crippen LogP contribution in [0.15, 0.2) is 30.3 Å². The van der Waals surface area contributed by atoms with Gasteiger partial charge in [-0.15, -0.1) is 0 Å². The summed E-state index contributed by atoms with van der Waals surface area (Å²) in [5, 5.41) is 0. The summed E-state index contributed by atoms with van der Waals surface area (Å²) in [6.07, 6.45) is 1.36. The first-order valence-electron chi connectivity index (χ1n) is 6.44. The monoisotopic (exact) mass is 234 g/mol. The number of rotatable bonds is 7. The number of Topliss-reactive ketones (excluding diaryl/α,β-unsaturated/α-hetero) is 1. The van der Waals surface area contributed by atoms with Gasteiger partial charge in [0.05, 0.1) is 0 Å². The molecule has 0 bridgehead atoms. The van der Waals surface area contributed by atoms with Crippen molar-refractivity contribution >= 4 is 5.78 Å². The maximum Gasteiger partial charge on any atom is 0.169 e. The third-order valence-electron chi connectivity index (χ3n) is 3.08. The van der Waals surface area contributed by atoms with Crippen molar-refractivity contribution in [3.63, 3.8) is 0 Å². The molecule has 17 heavy (non-hydrogen) atoms. The van der Waals surface area contributed by atoms with Crippen LogP contribution in [0.5, 0.6) is 0 Å². The lowest BCUT2D eigenvalue weighted by Gasteiger charge is -2.21. The van der Waals surface area contributed by atoms with E-state index in [1.807, 2.05) is 37.3 Å². The Hall–Kier alpha value is -1.15. The Balaban J connectivity index is 2.89. The lowest BCUT2D eigenvalue weighted by atomic mass is 9.91. The molecular weight excluding hydrogens is 212 g/mol. The Morgan fingerprint density at radius 3 is 2.18 bits per heavy atom. The molecule has 0 fully saturated rings. The van der Waals surface area contributed by atoms with Crippen LogP contribution in [0.2, 0.25) is 0 Å². The van der Waals surface area contributed by atoms with Gasteiger partial charge in [-0.2, -0.15) is 0 Å². The van der Waals surface area contributed by atoms with Gasteiger partial charge in [0.15, 0.2) is 5.78 Å². The zero-order chi connectivity index (χ0) is 12.7. The van der Waals surface area contributed by atoms with Crippen molar-refractivity contribution in [2.24, 2.45) is 5.92 Å². The van der Waals surface area contributed by atoms with E-state index in [4.69, 9.17) is 4.74 Å². The minimum absolute atomic E-state index is 0.103. The molecule has 0 amide bonds. The van der Waals surface area contributed by atoms with E-state index < -0.39 is 6.10 Å². The fourth-order valence-electron chi connectivity index (χ4n) is 2.04. The van der Waals surface area contributed by atoms with Crippen LogP contribution in [-0.4, -0.2) is 12.4 Å². The van der Waals surface area contributed by atoms with Crippen LogP contribution >= 0.6 is 0 Å². The third-order valence-corrected chi connectivity index (χ3v) is 3.08. The maximum atomic E-state index is 12.4. The number of benzene rings is 1. The minimum Gasteiger partial charge on any atom is -0.366 e. The van der Waals surface area contributed by atoms with Crippen LogP contribution < -0.4 is 0 Å². The van der Waals surface area contributed by atoms with Gasteiger partial charge in [-0.25, -0.2) is 0 Å². The second kappa shape index (κ2) is 7.23. The Morgan fingerprint density at radius 2 is 1.71 bits per heavy atom. The van der Waals surface area contributed by atoms with Gasteiger partial charge in [0.1, 0.15) is 6.10 Å². The van der Waals surface area contributed by atoms with Crippen LogP contribution in [0.1, 0.15) is 45.3 Å². The SMILES string of the molecule is CCOC(C(=O)C(CC)CC)c1ccccc1. The zero-order valence-corrected chi connectivity index (χ0v) is 11.0. The Kier molecular flexibility index (Phi) is 5.92. The molecule has 2 heteroatoms. The van der Waals surface area contributed by atoms with E-state index in [2.05, 4.69) is 13.8 Å². The topological polar surface area (TPSA) is 26.3 Å². The van der Waals surface area contributed by atoms with Crippen LogP contribution in [0.25, 0.3) is 0 Å². The van der Waals surface area contributed by atoms with Crippen molar-refractivity contribution in [3.05, 3.63) is 35.9 Å². The number of carbonyl (C=O) groups excluding carboxylic acids is 1. The second-order valence-corrected chi connectivity index (χ2v) is 4.16. The van der Waals surface area contributed by atoms with Gasteiger partial charge in [-0.3, -0.25) is 4.79 Å². The average molecular weight is 234 g/mol. The molecule has 0 radical (unpaired) electrons. The van der Waals surface area contributed by atoms with Crippen LogP contribution in [0, 0.1) is 5.92 Å². The van der Waals surface area contributed by atoms with E-state index in [-0.39, 0.29) is 11.7 Å². The highest BCUT2D eigenvalue weighted by Gasteiger charge is 2.26. The zero-order valence-electron chi connectivity index (χ0n) is 11.0. The largest absolute Gasteiger partial charge is 0.366 e. The Bertz CT molecular complexity index is 328. The molecule has 0 saturated heterocycles. The maximum absolute atomic E-state index is 12.4. The van der Waals surface area contributed by atoms with E-state index in [0.717, 1.165) is 18.4 Å². The average Bonchev–Trinajstić information content (AvgIpc) is 2.38. The number of ether oxygens (including phenoxy) is 1. The molecule has 1 aromatic carbocycles. The fourth-order valence-corrected chi connectivity index (χ4v) is 2.04. The molecule has 2 nitrogen and oxygen atoms in total. The molecule has 0 heterocycles. The molecule has 0 aliphatic rings. The van der Waals surface area contributed by atoms with Gasteiger partial charge in [0.2, 0.25) is 0 Å². The summed E-state index contributed by atoms with van der Waals surface area (Å²) in [6, 6.07) is 9.76.